The van der Waals surface area contributed by atoms with Crippen molar-refractivity contribution in [3.8, 4) is 0 Å². The molecule has 0 aliphatic heterocycles. The van der Waals surface area contributed by atoms with Gasteiger partial charge in [-0.3, -0.25) is 0 Å². The Labute approximate surface area is 84.2 Å². The van der Waals surface area contributed by atoms with Crippen molar-refractivity contribution in [3.05, 3.63) is 23.8 Å². The lowest BCUT2D eigenvalue weighted by molar-refractivity contribution is 0.542. The van der Waals surface area contributed by atoms with E-state index in [0.717, 1.165) is 12.8 Å². The molecule has 0 nitrogen and oxygen atoms in total. The van der Waals surface area contributed by atoms with Gasteiger partial charge in [0.2, 0.25) is 0 Å². The van der Waals surface area contributed by atoms with Crippen LogP contribution in [0.1, 0.15) is 19.3 Å². The van der Waals surface area contributed by atoms with Gasteiger partial charge in [0.1, 0.15) is 0 Å². The summed E-state index contributed by atoms with van der Waals surface area (Å²) in [5.74, 6) is 1.86. The molecule has 0 saturated heterocycles. The molecule has 0 amide bonds. The van der Waals surface area contributed by atoms with Gasteiger partial charge < -0.3 is 0 Å². The van der Waals surface area contributed by atoms with Crippen molar-refractivity contribution < 1.29 is 0 Å². The Bertz CT molecular complexity index is 194. The van der Waals surface area contributed by atoms with Crippen molar-refractivity contribution in [3.63, 3.8) is 0 Å². The fraction of sp³-hybridized carbons (Fsp3) is 0.600. The highest BCUT2D eigenvalue weighted by Crippen LogP contribution is 2.29. The zero-order chi connectivity index (χ0) is 8.97. The molecule has 68 valence electrons. The second-order valence-corrected chi connectivity index (χ2v) is 3.79. The predicted octanol–water partition coefficient (Wildman–Crippen LogP) is 3.75. The third-order valence-corrected chi connectivity index (χ3v) is 3.11. The van der Waals surface area contributed by atoms with Gasteiger partial charge in [0.15, 0.2) is 0 Å². The van der Waals surface area contributed by atoms with Crippen molar-refractivity contribution >= 4 is 23.2 Å². The summed E-state index contributed by atoms with van der Waals surface area (Å²) in [5.41, 5.74) is 2.54. The van der Waals surface area contributed by atoms with Crippen molar-refractivity contribution in [2.75, 3.05) is 11.8 Å². The fourth-order valence-electron chi connectivity index (χ4n) is 1.49. The number of allylic oxidation sites excluding steroid dienone is 3. The third kappa shape index (κ3) is 2.53. The minimum atomic E-state index is 0.592. The Hall–Kier alpha value is 0.0600. The van der Waals surface area contributed by atoms with E-state index < -0.39 is 0 Å². The van der Waals surface area contributed by atoms with E-state index >= 15 is 0 Å². The maximum atomic E-state index is 5.72. The molecule has 0 spiro atoms. The molecule has 1 aliphatic carbocycles. The predicted molar refractivity (Wildman–Crippen MR) is 56.0 cm³/mol. The van der Waals surface area contributed by atoms with Gasteiger partial charge in [0.05, 0.1) is 0 Å². The van der Waals surface area contributed by atoms with E-state index in [4.69, 9.17) is 23.2 Å². The van der Waals surface area contributed by atoms with Gasteiger partial charge in [-0.1, -0.05) is 23.8 Å². The van der Waals surface area contributed by atoms with Crippen molar-refractivity contribution in [1.29, 1.82) is 0 Å². The summed E-state index contributed by atoms with van der Waals surface area (Å²) in [4.78, 5) is 0. The van der Waals surface area contributed by atoms with E-state index in [-0.39, 0.29) is 0 Å². The monoisotopic (exact) mass is 204 g/mol. The van der Waals surface area contributed by atoms with Crippen LogP contribution in [0, 0.1) is 5.92 Å². The van der Waals surface area contributed by atoms with Gasteiger partial charge in [0, 0.05) is 11.8 Å². The van der Waals surface area contributed by atoms with Crippen LogP contribution in [0.2, 0.25) is 0 Å². The van der Waals surface area contributed by atoms with Crippen molar-refractivity contribution in [1.82, 2.24) is 0 Å². The van der Waals surface area contributed by atoms with E-state index in [1.165, 1.54) is 17.6 Å². The van der Waals surface area contributed by atoms with Crippen LogP contribution < -0.4 is 0 Å². The SMILES string of the molecule is C=C(CCl)[C@@H]1CC=C(CCl)CC1. The average Bonchev–Trinajstić information content (AvgIpc) is 2.17. The van der Waals surface area contributed by atoms with Crippen LogP contribution >= 0.6 is 23.2 Å². The molecule has 0 aromatic rings. The van der Waals surface area contributed by atoms with Crippen molar-refractivity contribution in [2.45, 2.75) is 19.3 Å². The van der Waals surface area contributed by atoms with E-state index in [1.807, 2.05) is 0 Å². The second kappa shape index (κ2) is 4.94. The largest absolute Gasteiger partial charge is 0.122 e. The normalized spacial score (nSPS) is 23.5. The highest BCUT2D eigenvalue weighted by Gasteiger charge is 2.15. The lowest BCUT2D eigenvalue weighted by Crippen LogP contribution is -2.09. The van der Waals surface area contributed by atoms with E-state index in [0.29, 0.717) is 17.7 Å². The Morgan fingerprint density at radius 2 is 2.33 bits per heavy atom. The Balaban J connectivity index is 2.46. The topological polar surface area (TPSA) is 0 Å². The van der Waals surface area contributed by atoms with Gasteiger partial charge >= 0.3 is 0 Å². The van der Waals surface area contributed by atoms with Crippen LogP contribution in [-0.4, -0.2) is 11.8 Å². The molecule has 0 unspecified atom stereocenters. The average molecular weight is 205 g/mol. The second-order valence-electron chi connectivity index (χ2n) is 3.26. The molecule has 1 aliphatic rings. The van der Waals surface area contributed by atoms with Crippen LogP contribution in [0.25, 0.3) is 0 Å². The molecule has 0 aromatic heterocycles. The summed E-state index contributed by atoms with van der Waals surface area (Å²) in [5, 5.41) is 0. The standard InChI is InChI=1S/C10H14Cl2/c1-8(6-11)10-4-2-9(7-12)3-5-10/h2,10H,1,3-7H2/t10-/m1/s1. The molecule has 0 N–H and O–H groups in total. The summed E-state index contributed by atoms with van der Waals surface area (Å²) in [6, 6.07) is 0. The van der Waals surface area contributed by atoms with Gasteiger partial charge in [-0.25, -0.2) is 0 Å². The summed E-state index contributed by atoms with van der Waals surface area (Å²) < 4.78 is 0. The van der Waals surface area contributed by atoms with Gasteiger partial charge in [-0.2, -0.15) is 0 Å². The van der Waals surface area contributed by atoms with Gasteiger partial charge in [0.25, 0.3) is 0 Å². The molecule has 2 heteroatoms. The first kappa shape index (κ1) is 10.1. The quantitative estimate of drug-likeness (QED) is 0.486. The highest BCUT2D eigenvalue weighted by atomic mass is 35.5. The van der Waals surface area contributed by atoms with Crippen LogP contribution in [0.15, 0.2) is 23.8 Å². The maximum absolute atomic E-state index is 5.72. The third-order valence-electron chi connectivity index (χ3n) is 2.43. The molecule has 0 aromatic carbocycles. The molecule has 12 heavy (non-hydrogen) atoms. The Kier molecular flexibility index (Phi) is 4.17. The summed E-state index contributed by atoms with van der Waals surface area (Å²) in [7, 11) is 0. The fourth-order valence-corrected chi connectivity index (χ4v) is 1.95. The number of rotatable bonds is 3. The number of halogens is 2. The summed E-state index contributed by atoms with van der Waals surface area (Å²) in [6.45, 7) is 3.95. The zero-order valence-corrected chi connectivity index (χ0v) is 8.67. The van der Waals surface area contributed by atoms with Crippen LogP contribution in [0.4, 0.5) is 0 Å². The molecule has 0 heterocycles. The minimum absolute atomic E-state index is 0.592. The molecule has 1 rings (SSSR count). The number of hydrogen-bond acceptors (Lipinski definition) is 0. The van der Waals surface area contributed by atoms with E-state index in [1.54, 1.807) is 0 Å². The minimum Gasteiger partial charge on any atom is -0.122 e. The molecule has 0 bridgehead atoms. The first-order chi connectivity index (χ1) is 5.77. The molecule has 0 fully saturated rings. The smallest absolute Gasteiger partial charge is 0.0433 e. The lowest BCUT2D eigenvalue weighted by atomic mass is 9.86. The zero-order valence-electron chi connectivity index (χ0n) is 7.15. The van der Waals surface area contributed by atoms with Gasteiger partial charge in [-0.15, -0.1) is 23.2 Å². The van der Waals surface area contributed by atoms with Crippen LogP contribution in [-0.2, 0) is 0 Å². The van der Waals surface area contributed by atoms with E-state index in [9.17, 15) is 0 Å². The number of alkyl halides is 2. The summed E-state index contributed by atoms with van der Waals surface area (Å²) in [6.07, 6.45) is 5.60. The lowest BCUT2D eigenvalue weighted by Gasteiger charge is -2.21. The maximum Gasteiger partial charge on any atom is 0.0433 e. The first-order valence-corrected chi connectivity index (χ1v) is 5.32. The molecular weight excluding hydrogens is 191 g/mol. The van der Waals surface area contributed by atoms with Crippen molar-refractivity contribution in [2.24, 2.45) is 5.92 Å². The first-order valence-electron chi connectivity index (χ1n) is 4.25. The molecule has 0 saturated carbocycles. The molecule has 1 atom stereocenters. The van der Waals surface area contributed by atoms with Crippen LogP contribution in [0.3, 0.4) is 0 Å². The number of hydrogen-bond donors (Lipinski definition) is 0. The molecule has 0 radical (unpaired) electrons. The van der Waals surface area contributed by atoms with E-state index in [2.05, 4.69) is 12.7 Å². The summed E-state index contributed by atoms with van der Waals surface area (Å²) >= 11 is 11.4. The van der Waals surface area contributed by atoms with Gasteiger partial charge in [-0.05, 0) is 25.2 Å². The Morgan fingerprint density at radius 3 is 2.75 bits per heavy atom. The Morgan fingerprint density at radius 1 is 1.58 bits per heavy atom. The highest BCUT2D eigenvalue weighted by molar-refractivity contribution is 6.19. The van der Waals surface area contributed by atoms with Crippen LogP contribution in [0.5, 0.6) is 0 Å². The molecular formula is C10H14Cl2.